The third-order valence-electron chi connectivity index (χ3n) is 4.99. The van der Waals surface area contributed by atoms with E-state index >= 15 is 0 Å². The molecule has 28 heavy (non-hydrogen) atoms. The molecule has 0 aromatic rings. The Morgan fingerprint density at radius 2 is 0.964 bits per heavy atom. The van der Waals surface area contributed by atoms with Gasteiger partial charge >= 0.3 is 0 Å². The van der Waals surface area contributed by atoms with E-state index in [4.69, 9.17) is 24.4 Å². The average molecular weight is 457 g/mol. The molecule has 0 saturated carbocycles. The van der Waals surface area contributed by atoms with Gasteiger partial charge in [0.25, 0.3) is 11.8 Å². The Hall–Kier alpha value is -1.50. The van der Waals surface area contributed by atoms with Crippen molar-refractivity contribution < 1.29 is 19.2 Å². The second kappa shape index (κ2) is 7.73. The topological polar surface area (TPSA) is 81.2 Å². The highest BCUT2D eigenvalue weighted by Gasteiger charge is 2.42. The molecular weight excluding hydrogens is 440 g/mol. The van der Waals surface area contributed by atoms with Crippen LogP contribution in [0.2, 0.25) is 0 Å². The molecule has 5 heterocycles. The third kappa shape index (κ3) is 3.46. The lowest BCUT2D eigenvalue weighted by molar-refractivity contribution is -0.140. The smallest absolute Gasteiger partial charge is 0.267 e. The highest BCUT2D eigenvalue weighted by molar-refractivity contribution is 8.29. The Labute approximate surface area is 180 Å². The van der Waals surface area contributed by atoms with Gasteiger partial charge in [0.15, 0.2) is 0 Å². The molecule has 12 heteroatoms. The molecule has 3 fully saturated rings. The molecule has 4 amide bonds. The average Bonchev–Trinajstić information content (AvgIpc) is 3.12. The molecule has 3 saturated heterocycles. The van der Waals surface area contributed by atoms with Crippen LogP contribution in [0.3, 0.4) is 0 Å². The van der Waals surface area contributed by atoms with Gasteiger partial charge < -0.3 is 9.80 Å². The fraction of sp³-hybridized carbons (Fsp3) is 0.500. The lowest BCUT2D eigenvalue weighted by Gasteiger charge is -2.35. The first-order valence-corrected chi connectivity index (χ1v) is 11.2. The first-order chi connectivity index (χ1) is 13.4. The summed E-state index contributed by atoms with van der Waals surface area (Å²) in [6.45, 7) is 2.20. The summed E-state index contributed by atoms with van der Waals surface area (Å²) in [4.78, 5) is 57.3. The molecule has 5 rings (SSSR count). The van der Waals surface area contributed by atoms with Crippen LogP contribution in [0.1, 0.15) is 12.8 Å². The summed E-state index contributed by atoms with van der Waals surface area (Å²) in [7, 11) is 0. The van der Waals surface area contributed by atoms with E-state index in [1.54, 1.807) is 9.80 Å². The minimum absolute atomic E-state index is 0.0698. The molecule has 5 aliphatic heterocycles. The van der Waals surface area contributed by atoms with Crippen LogP contribution in [0, 0.1) is 0 Å². The van der Waals surface area contributed by atoms with E-state index in [0.717, 1.165) is 23.5 Å². The van der Waals surface area contributed by atoms with E-state index < -0.39 is 0 Å². The maximum atomic E-state index is 12.8. The van der Waals surface area contributed by atoms with E-state index in [-0.39, 0.29) is 59.4 Å². The van der Waals surface area contributed by atoms with E-state index in [1.165, 1.54) is 9.80 Å². The number of carbonyl (C=O) groups is 4. The first-order valence-electron chi connectivity index (χ1n) is 8.74. The van der Waals surface area contributed by atoms with Gasteiger partial charge in [0, 0.05) is 52.1 Å². The summed E-state index contributed by atoms with van der Waals surface area (Å²) in [5.74, 6) is -0.869. The van der Waals surface area contributed by atoms with Gasteiger partial charge in [0.1, 0.15) is 8.64 Å². The quantitative estimate of drug-likeness (QED) is 0.484. The van der Waals surface area contributed by atoms with Crippen LogP contribution < -0.4 is 0 Å². The highest BCUT2D eigenvalue weighted by atomic mass is 32.2. The predicted octanol–water partition coefficient (Wildman–Crippen LogP) is 0.383. The van der Waals surface area contributed by atoms with Crippen molar-refractivity contribution in [1.82, 2.24) is 19.6 Å². The van der Waals surface area contributed by atoms with Crippen LogP contribution >= 0.6 is 48.0 Å². The number of piperazine rings is 1. The minimum Gasteiger partial charge on any atom is -0.339 e. The lowest BCUT2D eigenvalue weighted by Crippen LogP contribution is -2.51. The molecule has 148 valence electrons. The molecule has 0 aromatic carbocycles. The molecule has 0 unspecified atom stereocenters. The third-order valence-corrected chi connectivity index (χ3v) is 8.01. The zero-order valence-corrected chi connectivity index (χ0v) is 18.0. The van der Waals surface area contributed by atoms with Gasteiger partial charge in [-0.3, -0.25) is 29.0 Å². The van der Waals surface area contributed by atoms with Crippen molar-refractivity contribution in [2.24, 2.45) is 0 Å². The summed E-state index contributed by atoms with van der Waals surface area (Å²) in [6.07, 6.45) is 0.295. The minimum atomic E-state index is -0.365. The van der Waals surface area contributed by atoms with Crippen LogP contribution in [0.25, 0.3) is 0 Å². The lowest BCUT2D eigenvalue weighted by atomic mass is 10.2. The largest absolute Gasteiger partial charge is 0.339 e. The van der Waals surface area contributed by atoms with Gasteiger partial charge in [-0.1, -0.05) is 48.0 Å². The number of carbonyl (C=O) groups excluding carboxylic acids is 4. The van der Waals surface area contributed by atoms with Crippen LogP contribution in [0.4, 0.5) is 0 Å². The van der Waals surface area contributed by atoms with Gasteiger partial charge in [-0.05, 0) is 0 Å². The molecule has 0 radical (unpaired) electrons. The molecule has 8 nitrogen and oxygen atoms in total. The van der Waals surface area contributed by atoms with Crippen LogP contribution in [-0.2, 0) is 19.2 Å². The molecular formula is C16H16N4O4S4. The summed E-state index contributed by atoms with van der Waals surface area (Å²) < 4.78 is 0.671. The highest BCUT2D eigenvalue weighted by Crippen LogP contribution is 2.42. The number of hydrogen-bond acceptors (Lipinski definition) is 8. The number of thioether (sulfide) groups is 2. The SMILES string of the molecule is O=C1CCN2C(=O)C(=C3SC(=S)N(CCC(=O)N4CCN1CC4)C3=O)SC2=S. The van der Waals surface area contributed by atoms with Crippen LogP contribution in [0.15, 0.2) is 9.81 Å². The summed E-state index contributed by atoms with van der Waals surface area (Å²) in [5.41, 5.74) is 0. The summed E-state index contributed by atoms with van der Waals surface area (Å²) in [5, 5.41) is 0. The second-order valence-corrected chi connectivity index (χ2v) is 9.86. The van der Waals surface area contributed by atoms with Gasteiger partial charge in [-0.15, -0.1) is 0 Å². The number of amides is 4. The molecule has 0 atom stereocenters. The molecule has 0 aromatic heterocycles. The number of hydrogen-bond donors (Lipinski definition) is 0. The zero-order valence-electron chi connectivity index (χ0n) is 14.7. The maximum absolute atomic E-state index is 12.8. The molecule has 0 aliphatic carbocycles. The Bertz CT molecular complexity index is 782. The Balaban J connectivity index is 1.66. The second-order valence-electron chi connectivity index (χ2n) is 6.57. The summed E-state index contributed by atoms with van der Waals surface area (Å²) in [6, 6.07) is 0. The van der Waals surface area contributed by atoms with Gasteiger partial charge in [0.2, 0.25) is 11.8 Å². The van der Waals surface area contributed by atoms with Crippen LogP contribution in [-0.4, -0.2) is 91.1 Å². The van der Waals surface area contributed by atoms with Crippen molar-refractivity contribution in [2.45, 2.75) is 12.8 Å². The summed E-state index contributed by atoms with van der Waals surface area (Å²) >= 11 is 12.7. The number of fused-ring (bicyclic) bond motifs is 6. The Morgan fingerprint density at radius 1 is 0.607 bits per heavy atom. The molecule has 6 bridgehead atoms. The first kappa shape index (κ1) is 19.8. The fourth-order valence-electron chi connectivity index (χ4n) is 3.39. The normalized spacial score (nSPS) is 24.4. The Morgan fingerprint density at radius 3 is 1.32 bits per heavy atom. The van der Waals surface area contributed by atoms with Crippen molar-refractivity contribution >= 4 is 80.2 Å². The van der Waals surface area contributed by atoms with Crippen LogP contribution in [0.5, 0.6) is 0 Å². The van der Waals surface area contributed by atoms with E-state index in [0.29, 0.717) is 34.8 Å². The number of nitrogens with zero attached hydrogens (tertiary/aromatic N) is 4. The van der Waals surface area contributed by atoms with Crippen molar-refractivity contribution in [3.05, 3.63) is 9.81 Å². The zero-order chi connectivity index (χ0) is 20.0. The maximum Gasteiger partial charge on any atom is 0.267 e. The standard InChI is InChI=1S/C16H16N4O4S4/c21-9-1-3-19-13(23)11(27-15(19)25)12-14(24)20(16(26)28-12)4-2-10(22)18-7-5-17(9)6-8-18/h1-8H2. The van der Waals surface area contributed by atoms with Crippen molar-refractivity contribution in [3.8, 4) is 0 Å². The van der Waals surface area contributed by atoms with Crippen molar-refractivity contribution in [3.63, 3.8) is 0 Å². The van der Waals surface area contributed by atoms with E-state index in [9.17, 15) is 19.2 Å². The van der Waals surface area contributed by atoms with Gasteiger partial charge in [-0.2, -0.15) is 0 Å². The molecule has 0 spiro atoms. The van der Waals surface area contributed by atoms with Crippen molar-refractivity contribution in [2.75, 3.05) is 39.3 Å². The number of thiocarbonyl (C=S) groups is 2. The monoisotopic (exact) mass is 456 g/mol. The predicted molar refractivity (Wildman–Crippen MR) is 113 cm³/mol. The number of rotatable bonds is 0. The molecule has 5 aliphatic rings. The van der Waals surface area contributed by atoms with Gasteiger partial charge in [0.05, 0.1) is 9.81 Å². The molecule has 0 N–H and O–H groups in total. The van der Waals surface area contributed by atoms with Gasteiger partial charge in [-0.25, -0.2) is 0 Å². The van der Waals surface area contributed by atoms with Crippen molar-refractivity contribution in [1.29, 1.82) is 0 Å². The van der Waals surface area contributed by atoms with E-state index in [1.807, 2.05) is 0 Å². The Kier molecular flexibility index (Phi) is 5.47. The fourth-order valence-corrected chi connectivity index (χ4v) is 6.16. The van der Waals surface area contributed by atoms with E-state index in [2.05, 4.69) is 0 Å².